The molecule has 1 aromatic heterocycles. The molecule has 0 aliphatic rings. The summed E-state index contributed by atoms with van der Waals surface area (Å²) in [5, 5.41) is 9.27. The van der Waals surface area contributed by atoms with Gasteiger partial charge in [0.1, 0.15) is 24.0 Å². The van der Waals surface area contributed by atoms with Crippen molar-refractivity contribution >= 4 is 35.1 Å². The lowest BCUT2D eigenvalue weighted by Gasteiger charge is -2.30. The number of fused-ring (bicyclic) bond motifs is 1. The van der Waals surface area contributed by atoms with E-state index in [1.165, 1.54) is 0 Å². The van der Waals surface area contributed by atoms with Gasteiger partial charge >= 0.3 is 6.09 Å². The Balaban J connectivity index is 2.16. The van der Waals surface area contributed by atoms with Crippen molar-refractivity contribution in [1.82, 2.24) is 20.9 Å². The van der Waals surface area contributed by atoms with Crippen LogP contribution in [0.4, 0.5) is 4.79 Å². The molecule has 0 fully saturated rings. The molecule has 4 N–H and O–H groups in total. The molecule has 0 aliphatic carbocycles. The van der Waals surface area contributed by atoms with E-state index in [4.69, 9.17) is 4.74 Å². The van der Waals surface area contributed by atoms with Gasteiger partial charge in [-0.25, -0.2) is 4.79 Å². The Hall–Kier alpha value is -3.36. The first-order chi connectivity index (χ1) is 17.4. The Morgan fingerprint density at radius 1 is 0.946 bits per heavy atom. The van der Waals surface area contributed by atoms with E-state index in [1.54, 1.807) is 20.8 Å². The van der Waals surface area contributed by atoms with E-state index in [-0.39, 0.29) is 11.8 Å². The van der Waals surface area contributed by atoms with Crippen molar-refractivity contribution < 1.29 is 23.9 Å². The van der Waals surface area contributed by atoms with Gasteiger partial charge in [-0.1, -0.05) is 58.7 Å². The highest BCUT2D eigenvalue weighted by atomic mass is 16.6. The van der Waals surface area contributed by atoms with Gasteiger partial charge in [-0.15, -0.1) is 0 Å². The predicted octanol–water partition coefficient (Wildman–Crippen LogP) is 3.86. The molecule has 1 aromatic carbocycles. The summed E-state index contributed by atoms with van der Waals surface area (Å²) in [7, 11) is 0. The van der Waals surface area contributed by atoms with Crippen LogP contribution in [0, 0.1) is 11.8 Å². The molecule has 0 saturated heterocycles. The van der Waals surface area contributed by atoms with E-state index in [0.29, 0.717) is 25.5 Å². The van der Waals surface area contributed by atoms with Gasteiger partial charge in [0.2, 0.25) is 11.8 Å². The standard InChI is InChI=1S/C28H42N4O5/c1-8-17(3)23(31-26(35)24(18(4)9-2)32-27(36)37-28(5,6)7)25(34)30-20(16-33)14-19-15-29-22-13-11-10-12-21(19)22/h10-13,15-18,20,23-24,29H,8-9,14H2,1-7H3,(H,30,34)(H,31,35)(H,32,36)/t17-,18-,20-,23-,24-/m0/s1. The highest BCUT2D eigenvalue weighted by molar-refractivity contribution is 5.92. The molecule has 1 heterocycles. The van der Waals surface area contributed by atoms with Crippen molar-refractivity contribution in [1.29, 1.82) is 0 Å². The summed E-state index contributed by atoms with van der Waals surface area (Å²) in [6.45, 7) is 12.8. The molecule has 2 aromatic rings. The SMILES string of the molecule is CC[C@H](C)[C@H](NC(=O)OC(C)(C)C)C(=O)N[C@H](C(=O)N[C@H](C=O)Cc1c[nH]c2ccccc12)[C@@H](C)CC. The molecule has 0 saturated carbocycles. The fourth-order valence-corrected chi connectivity index (χ4v) is 4.02. The zero-order valence-electron chi connectivity index (χ0n) is 23.0. The third-order valence-corrected chi connectivity index (χ3v) is 6.57. The van der Waals surface area contributed by atoms with Gasteiger partial charge in [0.15, 0.2) is 0 Å². The normalized spacial score (nSPS) is 15.6. The Morgan fingerprint density at radius 2 is 1.51 bits per heavy atom. The van der Waals surface area contributed by atoms with Crippen LogP contribution < -0.4 is 16.0 Å². The molecule has 0 bridgehead atoms. The largest absolute Gasteiger partial charge is 0.444 e. The van der Waals surface area contributed by atoms with E-state index in [1.807, 2.05) is 58.2 Å². The number of aromatic nitrogens is 1. The van der Waals surface area contributed by atoms with Crippen LogP contribution in [0.1, 0.15) is 66.9 Å². The highest BCUT2D eigenvalue weighted by Gasteiger charge is 2.33. The minimum atomic E-state index is -0.882. The number of para-hydroxylation sites is 1. The van der Waals surface area contributed by atoms with Crippen LogP contribution in [0.3, 0.4) is 0 Å². The summed E-state index contributed by atoms with van der Waals surface area (Å²) in [6.07, 6.45) is 3.42. The fraction of sp³-hybridized carbons (Fsp3) is 0.571. The van der Waals surface area contributed by atoms with Gasteiger partial charge in [0.25, 0.3) is 0 Å². The van der Waals surface area contributed by atoms with Gasteiger partial charge < -0.3 is 30.5 Å². The maximum absolute atomic E-state index is 13.3. The molecule has 0 radical (unpaired) electrons. The number of hydrogen-bond acceptors (Lipinski definition) is 5. The van der Waals surface area contributed by atoms with Crippen LogP contribution in [0.5, 0.6) is 0 Å². The number of aldehydes is 1. The van der Waals surface area contributed by atoms with Gasteiger partial charge in [0.05, 0.1) is 6.04 Å². The quantitative estimate of drug-likeness (QED) is 0.320. The zero-order valence-corrected chi connectivity index (χ0v) is 23.0. The van der Waals surface area contributed by atoms with Crippen LogP contribution in [-0.2, 0) is 25.5 Å². The van der Waals surface area contributed by atoms with Crippen molar-refractivity contribution in [3.63, 3.8) is 0 Å². The molecular formula is C28H42N4O5. The molecule has 0 unspecified atom stereocenters. The fourth-order valence-electron chi connectivity index (χ4n) is 4.02. The minimum Gasteiger partial charge on any atom is -0.444 e. The number of hydrogen-bond donors (Lipinski definition) is 4. The molecule has 3 amide bonds. The van der Waals surface area contributed by atoms with Gasteiger partial charge in [0, 0.05) is 23.5 Å². The Kier molecular flexibility index (Phi) is 10.7. The van der Waals surface area contributed by atoms with Crippen molar-refractivity contribution in [2.24, 2.45) is 11.8 Å². The molecule has 5 atom stereocenters. The number of ether oxygens (including phenoxy) is 1. The molecule has 0 spiro atoms. The number of carbonyl (C=O) groups excluding carboxylic acids is 4. The monoisotopic (exact) mass is 514 g/mol. The predicted molar refractivity (Wildman–Crippen MR) is 144 cm³/mol. The number of alkyl carbamates (subject to hydrolysis) is 1. The molecular weight excluding hydrogens is 472 g/mol. The first kappa shape index (κ1) is 29.9. The summed E-state index contributed by atoms with van der Waals surface area (Å²) >= 11 is 0. The first-order valence-corrected chi connectivity index (χ1v) is 13.0. The van der Waals surface area contributed by atoms with Gasteiger partial charge in [-0.3, -0.25) is 9.59 Å². The van der Waals surface area contributed by atoms with E-state index in [9.17, 15) is 19.2 Å². The molecule has 2 rings (SSSR count). The lowest BCUT2D eigenvalue weighted by molar-refractivity contribution is -0.132. The average Bonchev–Trinajstić information content (AvgIpc) is 3.25. The second-order valence-corrected chi connectivity index (χ2v) is 10.7. The molecule has 37 heavy (non-hydrogen) atoms. The van der Waals surface area contributed by atoms with Crippen LogP contribution in [0.2, 0.25) is 0 Å². The molecule has 204 valence electrons. The Bertz CT molecular complexity index is 1070. The van der Waals surface area contributed by atoms with Crippen LogP contribution in [0.15, 0.2) is 30.5 Å². The van der Waals surface area contributed by atoms with Crippen molar-refractivity contribution in [2.45, 2.75) is 91.5 Å². The highest BCUT2D eigenvalue weighted by Crippen LogP contribution is 2.19. The molecule has 9 nitrogen and oxygen atoms in total. The van der Waals surface area contributed by atoms with E-state index < -0.39 is 41.6 Å². The number of amides is 3. The third kappa shape index (κ3) is 8.61. The first-order valence-electron chi connectivity index (χ1n) is 13.0. The molecule has 0 aliphatic heterocycles. The minimum absolute atomic E-state index is 0.197. The van der Waals surface area contributed by atoms with Crippen LogP contribution in [-0.4, -0.2) is 52.9 Å². The van der Waals surface area contributed by atoms with Gasteiger partial charge in [-0.2, -0.15) is 0 Å². The lowest BCUT2D eigenvalue weighted by atomic mass is 9.94. The van der Waals surface area contributed by atoms with E-state index >= 15 is 0 Å². The summed E-state index contributed by atoms with van der Waals surface area (Å²) < 4.78 is 5.33. The summed E-state index contributed by atoms with van der Waals surface area (Å²) in [4.78, 5) is 54.1. The number of rotatable bonds is 12. The average molecular weight is 515 g/mol. The van der Waals surface area contributed by atoms with Crippen LogP contribution in [0.25, 0.3) is 10.9 Å². The smallest absolute Gasteiger partial charge is 0.408 e. The number of aromatic amines is 1. The second-order valence-electron chi connectivity index (χ2n) is 10.7. The summed E-state index contributed by atoms with van der Waals surface area (Å²) in [5.41, 5.74) is 1.15. The Morgan fingerprint density at radius 3 is 2.08 bits per heavy atom. The van der Waals surface area contributed by atoms with Crippen molar-refractivity contribution in [3.05, 3.63) is 36.0 Å². The molecule has 9 heteroatoms. The maximum atomic E-state index is 13.3. The maximum Gasteiger partial charge on any atom is 0.408 e. The topological polar surface area (TPSA) is 129 Å². The number of carbonyl (C=O) groups is 4. The van der Waals surface area contributed by atoms with Crippen LogP contribution >= 0.6 is 0 Å². The lowest BCUT2D eigenvalue weighted by Crippen LogP contribution is -2.58. The van der Waals surface area contributed by atoms with Crippen molar-refractivity contribution in [2.75, 3.05) is 0 Å². The zero-order chi connectivity index (χ0) is 27.8. The van der Waals surface area contributed by atoms with E-state index in [0.717, 1.165) is 16.5 Å². The number of H-pyrrole nitrogens is 1. The van der Waals surface area contributed by atoms with Gasteiger partial charge in [-0.05, 0) is 44.2 Å². The van der Waals surface area contributed by atoms with E-state index in [2.05, 4.69) is 20.9 Å². The number of nitrogens with one attached hydrogen (secondary N) is 4. The third-order valence-electron chi connectivity index (χ3n) is 6.57. The summed E-state index contributed by atoms with van der Waals surface area (Å²) in [5.74, 6) is -1.32. The Labute approximate surface area is 219 Å². The number of benzene rings is 1. The van der Waals surface area contributed by atoms with Crippen molar-refractivity contribution in [3.8, 4) is 0 Å². The second kappa shape index (κ2) is 13.3. The summed E-state index contributed by atoms with van der Waals surface area (Å²) in [6, 6.07) is 5.22.